The van der Waals surface area contributed by atoms with Crippen molar-refractivity contribution in [2.75, 3.05) is 26.2 Å². The number of nitrogens with one attached hydrogen (secondary N) is 1. The van der Waals surface area contributed by atoms with Crippen LogP contribution in [0.4, 0.5) is 0 Å². The van der Waals surface area contributed by atoms with Crippen LogP contribution in [-0.4, -0.2) is 31.1 Å². The van der Waals surface area contributed by atoms with Gasteiger partial charge in [-0.2, -0.15) is 0 Å². The molecule has 0 fully saturated rings. The molecule has 0 saturated carbocycles. The average molecular weight is 260 g/mol. The summed E-state index contributed by atoms with van der Waals surface area (Å²) < 4.78 is 0. The monoisotopic (exact) mass is 260 g/mol. The third kappa shape index (κ3) is 5.58. The van der Waals surface area contributed by atoms with Crippen molar-refractivity contribution < 1.29 is 0 Å². The van der Waals surface area contributed by atoms with Crippen molar-refractivity contribution in [1.29, 1.82) is 0 Å². The van der Waals surface area contributed by atoms with Gasteiger partial charge in [0.15, 0.2) is 0 Å². The van der Waals surface area contributed by atoms with E-state index in [0.717, 1.165) is 26.2 Å². The van der Waals surface area contributed by atoms with Crippen molar-refractivity contribution in [2.45, 2.75) is 26.8 Å². The molecule has 19 heavy (non-hydrogen) atoms. The van der Waals surface area contributed by atoms with Crippen LogP contribution in [-0.2, 0) is 0 Å². The molecule has 1 N–H and O–H groups in total. The maximum atomic E-state index is 3.87. The number of benzene rings is 1. The zero-order valence-electron chi connectivity index (χ0n) is 12.6. The summed E-state index contributed by atoms with van der Waals surface area (Å²) in [5.41, 5.74) is 1.38. The average Bonchev–Trinajstić information content (AvgIpc) is 2.42. The molecule has 0 bridgehead atoms. The largest absolute Gasteiger partial charge is 0.315 e. The van der Waals surface area contributed by atoms with Gasteiger partial charge in [0.25, 0.3) is 0 Å². The molecule has 0 amide bonds. The summed E-state index contributed by atoms with van der Waals surface area (Å²) >= 11 is 0. The van der Waals surface area contributed by atoms with E-state index < -0.39 is 0 Å². The Kier molecular flexibility index (Phi) is 7.46. The summed E-state index contributed by atoms with van der Waals surface area (Å²) in [5, 5.41) is 3.58. The SMILES string of the molecule is C=CCN(CC)C(CNCC(C)C)c1ccccc1. The van der Waals surface area contributed by atoms with E-state index in [9.17, 15) is 0 Å². The van der Waals surface area contributed by atoms with E-state index in [1.165, 1.54) is 5.56 Å². The van der Waals surface area contributed by atoms with Gasteiger partial charge in [-0.3, -0.25) is 4.90 Å². The van der Waals surface area contributed by atoms with Gasteiger partial charge in [0.2, 0.25) is 0 Å². The van der Waals surface area contributed by atoms with E-state index in [4.69, 9.17) is 0 Å². The molecule has 1 aromatic rings. The smallest absolute Gasteiger partial charge is 0.0475 e. The van der Waals surface area contributed by atoms with E-state index in [1.807, 2.05) is 6.08 Å². The molecule has 0 saturated heterocycles. The Balaban J connectivity index is 2.75. The van der Waals surface area contributed by atoms with Crippen LogP contribution in [0.15, 0.2) is 43.0 Å². The van der Waals surface area contributed by atoms with Gasteiger partial charge in [-0.25, -0.2) is 0 Å². The van der Waals surface area contributed by atoms with Crippen LogP contribution < -0.4 is 5.32 Å². The Hall–Kier alpha value is -1.12. The second-order valence-electron chi connectivity index (χ2n) is 5.35. The van der Waals surface area contributed by atoms with Gasteiger partial charge in [0.1, 0.15) is 0 Å². The van der Waals surface area contributed by atoms with Crippen LogP contribution in [0.5, 0.6) is 0 Å². The number of likely N-dealkylation sites (N-methyl/N-ethyl adjacent to an activating group) is 1. The Morgan fingerprint density at radius 1 is 1.21 bits per heavy atom. The molecule has 106 valence electrons. The van der Waals surface area contributed by atoms with Crippen molar-refractivity contribution in [1.82, 2.24) is 10.2 Å². The third-order valence-corrected chi connectivity index (χ3v) is 3.29. The fourth-order valence-corrected chi connectivity index (χ4v) is 2.28. The lowest BCUT2D eigenvalue weighted by molar-refractivity contribution is 0.223. The van der Waals surface area contributed by atoms with Crippen molar-refractivity contribution in [3.8, 4) is 0 Å². The Bertz CT molecular complexity index is 346. The lowest BCUT2D eigenvalue weighted by atomic mass is 10.0. The lowest BCUT2D eigenvalue weighted by Crippen LogP contribution is -2.37. The van der Waals surface area contributed by atoms with Gasteiger partial charge in [-0.15, -0.1) is 6.58 Å². The molecule has 1 aromatic carbocycles. The second kappa shape index (κ2) is 8.89. The molecular weight excluding hydrogens is 232 g/mol. The predicted molar refractivity (Wildman–Crippen MR) is 84.3 cm³/mol. The van der Waals surface area contributed by atoms with Gasteiger partial charge in [-0.05, 0) is 24.6 Å². The standard InChI is InChI=1S/C17H28N2/c1-5-12-19(6-2)17(14-18-13-15(3)4)16-10-8-7-9-11-16/h5,7-11,15,17-18H,1,6,12-14H2,2-4H3. The van der Waals surface area contributed by atoms with Crippen LogP contribution in [0, 0.1) is 5.92 Å². The van der Waals surface area contributed by atoms with E-state index >= 15 is 0 Å². The Labute approximate surface area is 118 Å². The Morgan fingerprint density at radius 3 is 2.42 bits per heavy atom. The highest BCUT2D eigenvalue weighted by Gasteiger charge is 2.17. The van der Waals surface area contributed by atoms with E-state index in [0.29, 0.717) is 12.0 Å². The van der Waals surface area contributed by atoms with Crippen LogP contribution in [0.1, 0.15) is 32.4 Å². The fourth-order valence-electron chi connectivity index (χ4n) is 2.28. The first-order chi connectivity index (χ1) is 9.19. The molecule has 1 rings (SSSR count). The summed E-state index contributed by atoms with van der Waals surface area (Å²) in [4.78, 5) is 2.45. The van der Waals surface area contributed by atoms with Gasteiger partial charge in [0.05, 0.1) is 0 Å². The molecule has 0 spiro atoms. The Morgan fingerprint density at radius 2 is 1.89 bits per heavy atom. The first-order valence-corrected chi connectivity index (χ1v) is 7.29. The van der Waals surface area contributed by atoms with E-state index in [1.54, 1.807) is 0 Å². The van der Waals surface area contributed by atoms with Gasteiger partial charge in [-0.1, -0.05) is 57.2 Å². The summed E-state index contributed by atoms with van der Waals surface area (Å²) in [6.45, 7) is 14.6. The van der Waals surface area contributed by atoms with Crippen LogP contribution >= 0.6 is 0 Å². The minimum Gasteiger partial charge on any atom is -0.315 e. The normalized spacial score (nSPS) is 12.9. The van der Waals surface area contributed by atoms with E-state index in [-0.39, 0.29) is 0 Å². The molecule has 0 aliphatic carbocycles. The number of nitrogens with zero attached hydrogens (tertiary/aromatic N) is 1. The summed E-state index contributed by atoms with van der Waals surface area (Å²) in [6.07, 6.45) is 1.99. The third-order valence-electron chi connectivity index (χ3n) is 3.29. The molecule has 0 aromatic heterocycles. The number of rotatable bonds is 9. The predicted octanol–water partition coefficient (Wildman–Crippen LogP) is 3.48. The van der Waals surface area contributed by atoms with Crippen molar-refractivity contribution in [3.63, 3.8) is 0 Å². The fraction of sp³-hybridized carbons (Fsp3) is 0.529. The molecule has 0 heterocycles. The second-order valence-corrected chi connectivity index (χ2v) is 5.35. The molecule has 0 radical (unpaired) electrons. The minimum atomic E-state index is 0.419. The molecule has 0 aliphatic rings. The minimum absolute atomic E-state index is 0.419. The lowest BCUT2D eigenvalue weighted by Gasteiger charge is -2.30. The molecule has 2 heteroatoms. The molecule has 1 atom stereocenters. The zero-order chi connectivity index (χ0) is 14.1. The van der Waals surface area contributed by atoms with Gasteiger partial charge >= 0.3 is 0 Å². The molecule has 1 unspecified atom stereocenters. The van der Waals surface area contributed by atoms with Crippen molar-refractivity contribution in [3.05, 3.63) is 48.6 Å². The van der Waals surface area contributed by atoms with Crippen LogP contribution in [0.2, 0.25) is 0 Å². The highest BCUT2D eigenvalue weighted by molar-refractivity contribution is 5.19. The molecular formula is C17H28N2. The highest BCUT2D eigenvalue weighted by atomic mass is 15.2. The van der Waals surface area contributed by atoms with E-state index in [2.05, 4.69) is 67.9 Å². The molecule has 2 nitrogen and oxygen atoms in total. The van der Waals surface area contributed by atoms with Gasteiger partial charge < -0.3 is 5.32 Å². The quantitative estimate of drug-likeness (QED) is 0.684. The number of hydrogen-bond acceptors (Lipinski definition) is 2. The number of hydrogen-bond donors (Lipinski definition) is 1. The first-order valence-electron chi connectivity index (χ1n) is 7.29. The van der Waals surface area contributed by atoms with Crippen molar-refractivity contribution in [2.24, 2.45) is 5.92 Å². The zero-order valence-corrected chi connectivity index (χ0v) is 12.6. The van der Waals surface area contributed by atoms with Crippen LogP contribution in [0.3, 0.4) is 0 Å². The first kappa shape index (κ1) is 15.9. The maximum absolute atomic E-state index is 3.87. The van der Waals surface area contributed by atoms with Gasteiger partial charge in [0, 0.05) is 19.1 Å². The maximum Gasteiger partial charge on any atom is 0.0475 e. The topological polar surface area (TPSA) is 15.3 Å². The summed E-state index contributed by atoms with van der Waals surface area (Å²) in [7, 11) is 0. The summed E-state index contributed by atoms with van der Waals surface area (Å²) in [6, 6.07) is 11.2. The van der Waals surface area contributed by atoms with Crippen LogP contribution in [0.25, 0.3) is 0 Å². The summed E-state index contributed by atoms with van der Waals surface area (Å²) in [5.74, 6) is 0.686. The van der Waals surface area contributed by atoms with Crippen molar-refractivity contribution >= 4 is 0 Å². The molecule has 0 aliphatic heterocycles. The highest BCUT2D eigenvalue weighted by Crippen LogP contribution is 2.19.